The number of carbonyl (C=O) groups excluding carboxylic acids is 1. The zero-order valence-electron chi connectivity index (χ0n) is 5.61. The third-order valence-corrected chi connectivity index (χ3v) is 2.42. The van der Waals surface area contributed by atoms with Crippen LogP contribution in [0.5, 0.6) is 0 Å². The van der Waals surface area contributed by atoms with E-state index < -0.39 is 5.97 Å². The fourth-order valence-corrected chi connectivity index (χ4v) is 1.27. The summed E-state index contributed by atoms with van der Waals surface area (Å²) in [7, 11) is 0. The molecule has 0 unspecified atom stereocenters. The number of benzene rings is 1. The monoisotopic (exact) mass is 223 g/mol. The van der Waals surface area contributed by atoms with Crippen LogP contribution in [-0.4, -0.2) is 5.97 Å². The highest BCUT2D eigenvalue weighted by Gasteiger charge is 2.05. The molecular weight excluding hydrogens is 222 g/mol. The molecule has 0 spiro atoms. The van der Waals surface area contributed by atoms with E-state index in [0.717, 1.165) is 0 Å². The topological polar surface area (TPSA) is 40.1 Å². The average Bonchev–Trinajstić information content (AvgIpc) is 1.99. The molecule has 1 rings (SSSR count). The van der Waals surface area contributed by atoms with Gasteiger partial charge in [-0.15, -0.1) is 0 Å². The Bertz CT molecular complexity index is 312. The van der Waals surface area contributed by atoms with E-state index in [2.05, 4.69) is 0 Å². The second-order valence-corrected chi connectivity index (χ2v) is 3.23. The molecule has 0 fully saturated rings. The molecule has 0 aromatic heterocycles. The van der Waals surface area contributed by atoms with Gasteiger partial charge in [-0.25, -0.2) is 0 Å². The molecular formula is C7H2Cl3O2-. The second kappa shape index (κ2) is 3.52. The van der Waals surface area contributed by atoms with Gasteiger partial charge in [0.15, 0.2) is 0 Å². The summed E-state index contributed by atoms with van der Waals surface area (Å²) in [5.41, 5.74) is -0.0885. The van der Waals surface area contributed by atoms with Gasteiger partial charge in [-0.3, -0.25) is 0 Å². The zero-order chi connectivity index (χ0) is 9.30. The van der Waals surface area contributed by atoms with Crippen molar-refractivity contribution < 1.29 is 9.90 Å². The van der Waals surface area contributed by atoms with Crippen LogP contribution in [0.25, 0.3) is 0 Å². The van der Waals surface area contributed by atoms with Crippen LogP contribution < -0.4 is 5.11 Å². The number of aromatic carboxylic acids is 1. The van der Waals surface area contributed by atoms with E-state index in [1.807, 2.05) is 0 Å². The lowest BCUT2D eigenvalue weighted by atomic mass is 10.2. The summed E-state index contributed by atoms with van der Waals surface area (Å²) < 4.78 is 0. The summed E-state index contributed by atoms with van der Waals surface area (Å²) in [6, 6.07) is 2.37. The number of hydrogen-bond acceptors (Lipinski definition) is 2. The Hall–Kier alpha value is -0.440. The number of carboxylic acid groups (broad SMARTS) is 1. The van der Waals surface area contributed by atoms with E-state index in [9.17, 15) is 9.90 Å². The van der Waals surface area contributed by atoms with Gasteiger partial charge in [-0.2, -0.15) is 0 Å². The van der Waals surface area contributed by atoms with Crippen molar-refractivity contribution in [3.8, 4) is 0 Å². The highest BCUT2D eigenvalue weighted by atomic mass is 35.5. The number of carboxylic acids is 1. The molecule has 0 aliphatic rings. The molecule has 0 aliphatic carbocycles. The fourth-order valence-electron chi connectivity index (χ4n) is 0.673. The summed E-state index contributed by atoms with van der Waals surface area (Å²) in [4.78, 5) is 10.3. The number of carbonyl (C=O) groups is 1. The number of hydrogen-bond donors (Lipinski definition) is 0. The van der Waals surface area contributed by atoms with E-state index >= 15 is 0 Å². The first-order chi connectivity index (χ1) is 5.52. The fraction of sp³-hybridized carbons (Fsp3) is 0. The van der Waals surface area contributed by atoms with Crippen LogP contribution in [0.15, 0.2) is 12.1 Å². The van der Waals surface area contributed by atoms with Crippen LogP contribution in [0.4, 0.5) is 0 Å². The molecule has 0 bridgehead atoms. The normalized spacial score (nSPS) is 9.92. The maximum absolute atomic E-state index is 10.3. The molecule has 2 nitrogen and oxygen atoms in total. The van der Waals surface area contributed by atoms with Gasteiger partial charge in [0.1, 0.15) is 0 Å². The van der Waals surface area contributed by atoms with Crippen LogP contribution in [0.2, 0.25) is 15.1 Å². The lowest BCUT2D eigenvalue weighted by Crippen LogP contribution is -2.22. The van der Waals surface area contributed by atoms with Gasteiger partial charge in [0.2, 0.25) is 0 Å². The van der Waals surface area contributed by atoms with Gasteiger partial charge in [0, 0.05) is 5.56 Å². The van der Waals surface area contributed by atoms with Gasteiger partial charge in [-0.05, 0) is 12.1 Å². The van der Waals surface area contributed by atoms with E-state index in [-0.39, 0.29) is 20.6 Å². The van der Waals surface area contributed by atoms with Crippen molar-refractivity contribution in [2.75, 3.05) is 0 Å². The molecule has 0 saturated carbocycles. The third kappa shape index (κ3) is 1.83. The number of rotatable bonds is 1. The van der Waals surface area contributed by atoms with Crippen LogP contribution >= 0.6 is 34.8 Å². The molecule has 0 heterocycles. The van der Waals surface area contributed by atoms with Gasteiger partial charge < -0.3 is 9.90 Å². The van der Waals surface area contributed by atoms with Crippen molar-refractivity contribution >= 4 is 40.8 Å². The predicted octanol–water partition coefficient (Wildman–Crippen LogP) is 2.01. The van der Waals surface area contributed by atoms with Crippen molar-refractivity contribution in [1.29, 1.82) is 0 Å². The molecule has 12 heavy (non-hydrogen) atoms. The van der Waals surface area contributed by atoms with Gasteiger partial charge in [0.05, 0.1) is 21.0 Å². The van der Waals surface area contributed by atoms with E-state index in [1.54, 1.807) is 0 Å². The Labute approximate surface area is 83.7 Å². The summed E-state index contributed by atoms with van der Waals surface area (Å²) in [6.45, 7) is 0. The highest BCUT2D eigenvalue weighted by molar-refractivity contribution is 6.48. The lowest BCUT2D eigenvalue weighted by Gasteiger charge is -2.05. The summed E-state index contributed by atoms with van der Waals surface area (Å²) >= 11 is 16.7. The molecule has 0 saturated heterocycles. The molecule has 0 N–H and O–H groups in total. The van der Waals surface area contributed by atoms with Crippen LogP contribution in [0.1, 0.15) is 10.4 Å². The van der Waals surface area contributed by atoms with Gasteiger partial charge in [0.25, 0.3) is 0 Å². The first kappa shape index (κ1) is 9.65. The van der Waals surface area contributed by atoms with Crippen molar-refractivity contribution in [2.24, 2.45) is 0 Å². The maximum atomic E-state index is 10.3. The third-order valence-electron chi connectivity index (χ3n) is 1.22. The van der Waals surface area contributed by atoms with E-state index in [0.29, 0.717) is 0 Å². The second-order valence-electron chi connectivity index (χ2n) is 2.04. The van der Waals surface area contributed by atoms with E-state index in [4.69, 9.17) is 34.8 Å². The number of halogens is 3. The van der Waals surface area contributed by atoms with Crippen molar-refractivity contribution in [1.82, 2.24) is 0 Å². The van der Waals surface area contributed by atoms with Crippen molar-refractivity contribution in [3.63, 3.8) is 0 Å². The Kier molecular flexibility index (Phi) is 2.83. The first-order valence-corrected chi connectivity index (χ1v) is 4.01. The molecule has 64 valence electrons. The molecule has 0 aliphatic heterocycles. The summed E-state index contributed by atoms with van der Waals surface area (Å²) in [5.74, 6) is -1.34. The van der Waals surface area contributed by atoms with Crippen LogP contribution in [0, 0.1) is 0 Å². The Balaban J connectivity index is 3.31. The van der Waals surface area contributed by atoms with Crippen LogP contribution in [-0.2, 0) is 0 Å². The molecule has 5 heteroatoms. The molecule has 0 atom stereocenters. The van der Waals surface area contributed by atoms with E-state index in [1.165, 1.54) is 12.1 Å². The Morgan fingerprint density at radius 3 is 1.92 bits per heavy atom. The average molecular weight is 224 g/mol. The Morgan fingerprint density at radius 1 is 1.17 bits per heavy atom. The quantitative estimate of drug-likeness (QED) is 0.685. The van der Waals surface area contributed by atoms with Gasteiger partial charge >= 0.3 is 0 Å². The van der Waals surface area contributed by atoms with Crippen molar-refractivity contribution in [2.45, 2.75) is 0 Å². The minimum Gasteiger partial charge on any atom is -0.545 e. The maximum Gasteiger partial charge on any atom is 0.0778 e. The minimum absolute atomic E-state index is 0.0885. The van der Waals surface area contributed by atoms with Crippen molar-refractivity contribution in [3.05, 3.63) is 32.8 Å². The van der Waals surface area contributed by atoms with Gasteiger partial charge in [-0.1, -0.05) is 34.8 Å². The zero-order valence-corrected chi connectivity index (χ0v) is 7.87. The first-order valence-electron chi connectivity index (χ1n) is 2.88. The molecule has 0 radical (unpaired) electrons. The van der Waals surface area contributed by atoms with Crippen LogP contribution in [0.3, 0.4) is 0 Å². The molecule has 1 aromatic rings. The predicted molar refractivity (Wildman–Crippen MR) is 45.8 cm³/mol. The summed E-state index contributed by atoms with van der Waals surface area (Å²) in [6.07, 6.45) is 0. The SMILES string of the molecule is O=C([O-])c1cc(Cl)c(Cl)c(Cl)c1. The minimum atomic E-state index is -1.34. The lowest BCUT2D eigenvalue weighted by molar-refractivity contribution is -0.255. The molecule has 0 amide bonds. The highest BCUT2D eigenvalue weighted by Crippen LogP contribution is 2.30. The largest absolute Gasteiger partial charge is 0.545 e. The smallest absolute Gasteiger partial charge is 0.0778 e. The summed E-state index contributed by atoms with van der Waals surface area (Å²) in [5, 5.41) is 10.7. The molecule has 1 aromatic carbocycles. The Morgan fingerprint density at radius 2 is 1.58 bits per heavy atom. The standard InChI is InChI=1S/C7H3Cl3O2/c8-4-1-3(7(11)12)2-5(9)6(4)10/h1-2H,(H,11,12)/p-1.